The fraction of sp³-hybridized carbons (Fsp3) is 0.150. The van der Waals surface area contributed by atoms with Gasteiger partial charge in [0, 0.05) is 35.3 Å². The molecular formula is C20H16F3NO2S. The molecule has 0 aliphatic rings. The zero-order valence-corrected chi connectivity index (χ0v) is 15.4. The zero-order valence-electron chi connectivity index (χ0n) is 14.6. The first-order valence-corrected chi connectivity index (χ1v) is 9.14. The third-order valence-corrected chi connectivity index (χ3v) is 4.70. The van der Waals surface area contributed by atoms with Crippen molar-refractivity contribution in [3.05, 3.63) is 76.5 Å². The maximum absolute atomic E-state index is 14.0. The number of aryl methyl sites for hydroxylation is 1. The van der Waals surface area contributed by atoms with Crippen LogP contribution < -0.4 is 10.3 Å². The third kappa shape index (κ3) is 4.19. The van der Waals surface area contributed by atoms with E-state index >= 15 is 0 Å². The minimum absolute atomic E-state index is 0.154. The van der Waals surface area contributed by atoms with Gasteiger partial charge in [-0.2, -0.15) is 0 Å². The number of pyridine rings is 1. The van der Waals surface area contributed by atoms with Crippen molar-refractivity contribution in [1.29, 1.82) is 0 Å². The number of nitrogens with zero attached hydrogens (tertiary/aromatic N) is 1. The van der Waals surface area contributed by atoms with E-state index in [2.05, 4.69) is 0 Å². The second-order valence-corrected chi connectivity index (χ2v) is 7.10. The molecule has 0 N–H and O–H groups in total. The van der Waals surface area contributed by atoms with Gasteiger partial charge < -0.3 is 9.30 Å². The molecule has 0 unspecified atom stereocenters. The molecule has 1 heterocycles. The molecule has 1 aromatic heterocycles. The number of aromatic nitrogens is 1. The lowest BCUT2D eigenvalue weighted by atomic mass is 10.1. The summed E-state index contributed by atoms with van der Waals surface area (Å²) in [6.07, 6.45) is 1.48. The molecule has 0 saturated carbocycles. The largest absolute Gasteiger partial charge is 0.454 e. The van der Waals surface area contributed by atoms with Gasteiger partial charge in [0.15, 0.2) is 17.4 Å². The van der Waals surface area contributed by atoms with Gasteiger partial charge in [0.05, 0.1) is 0 Å². The van der Waals surface area contributed by atoms with Crippen molar-refractivity contribution in [3.8, 4) is 22.6 Å². The summed E-state index contributed by atoms with van der Waals surface area (Å²) in [5.74, 6) is -1.52. The van der Waals surface area contributed by atoms with Gasteiger partial charge in [-0.25, -0.2) is 13.2 Å². The predicted octanol–water partition coefficient (Wildman–Crippen LogP) is 5.37. The molecule has 27 heavy (non-hydrogen) atoms. The number of ether oxygens (including phenoxy) is 1. The standard InChI is InChI=1S/C20H16F3NO2S/c1-3-27-14-5-7-18(26-19-6-4-13(21)9-16(19)22)15(10-14)12-8-17(23)20(25)24(2)11-12/h4-11H,3H2,1-2H3. The molecular weight excluding hydrogens is 375 g/mol. The fourth-order valence-electron chi connectivity index (χ4n) is 2.58. The molecule has 2 aromatic carbocycles. The van der Waals surface area contributed by atoms with E-state index in [0.29, 0.717) is 11.1 Å². The summed E-state index contributed by atoms with van der Waals surface area (Å²) in [6, 6.07) is 9.33. The Hall–Kier alpha value is -2.67. The smallest absolute Gasteiger partial charge is 0.286 e. The van der Waals surface area contributed by atoms with Gasteiger partial charge >= 0.3 is 0 Å². The maximum Gasteiger partial charge on any atom is 0.286 e. The molecule has 0 radical (unpaired) electrons. The van der Waals surface area contributed by atoms with Gasteiger partial charge in [-0.3, -0.25) is 4.79 Å². The summed E-state index contributed by atoms with van der Waals surface area (Å²) >= 11 is 1.57. The number of hydrogen-bond acceptors (Lipinski definition) is 3. The van der Waals surface area contributed by atoms with E-state index in [-0.39, 0.29) is 11.5 Å². The monoisotopic (exact) mass is 391 g/mol. The number of hydrogen-bond donors (Lipinski definition) is 0. The lowest BCUT2D eigenvalue weighted by Crippen LogP contribution is -2.19. The first-order chi connectivity index (χ1) is 12.9. The Kier molecular flexibility index (Phi) is 5.60. The van der Waals surface area contributed by atoms with Crippen LogP contribution in [0.4, 0.5) is 13.2 Å². The van der Waals surface area contributed by atoms with E-state index in [9.17, 15) is 18.0 Å². The minimum Gasteiger partial charge on any atom is -0.454 e. The number of benzene rings is 2. The summed E-state index contributed by atoms with van der Waals surface area (Å²) in [6.45, 7) is 1.99. The highest BCUT2D eigenvalue weighted by Gasteiger charge is 2.14. The van der Waals surface area contributed by atoms with Crippen molar-refractivity contribution in [2.75, 3.05) is 5.75 Å². The van der Waals surface area contributed by atoms with Crippen molar-refractivity contribution in [3.63, 3.8) is 0 Å². The van der Waals surface area contributed by atoms with E-state index < -0.39 is 23.0 Å². The van der Waals surface area contributed by atoms with Gasteiger partial charge in [-0.15, -0.1) is 11.8 Å². The Labute approximate surface area is 158 Å². The van der Waals surface area contributed by atoms with Gasteiger partial charge in [-0.1, -0.05) is 6.92 Å². The number of halogens is 3. The van der Waals surface area contributed by atoms with Crippen molar-refractivity contribution in [2.45, 2.75) is 11.8 Å². The lowest BCUT2D eigenvalue weighted by molar-refractivity contribution is 0.438. The highest BCUT2D eigenvalue weighted by Crippen LogP contribution is 2.37. The Morgan fingerprint density at radius 2 is 1.74 bits per heavy atom. The topological polar surface area (TPSA) is 31.2 Å². The maximum atomic E-state index is 14.0. The van der Waals surface area contributed by atoms with Crippen LogP contribution in [0.25, 0.3) is 11.1 Å². The van der Waals surface area contributed by atoms with Crippen molar-refractivity contribution in [1.82, 2.24) is 4.57 Å². The Morgan fingerprint density at radius 3 is 2.41 bits per heavy atom. The molecule has 0 saturated heterocycles. The lowest BCUT2D eigenvalue weighted by Gasteiger charge is -2.14. The van der Waals surface area contributed by atoms with E-state index in [1.807, 2.05) is 6.92 Å². The molecule has 0 fully saturated rings. The van der Waals surface area contributed by atoms with E-state index in [1.165, 1.54) is 19.3 Å². The summed E-state index contributed by atoms with van der Waals surface area (Å²) in [4.78, 5) is 12.6. The van der Waals surface area contributed by atoms with Crippen LogP contribution in [0.5, 0.6) is 11.5 Å². The van der Waals surface area contributed by atoms with Crippen LogP contribution in [0.2, 0.25) is 0 Å². The van der Waals surface area contributed by atoms with Crippen LogP contribution in [-0.4, -0.2) is 10.3 Å². The van der Waals surface area contributed by atoms with Crippen molar-refractivity contribution < 1.29 is 17.9 Å². The molecule has 7 heteroatoms. The molecule has 0 aliphatic heterocycles. The van der Waals surface area contributed by atoms with Crippen LogP contribution in [-0.2, 0) is 7.05 Å². The molecule has 3 rings (SSSR count). The second-order valence-electron chi connectivity index (χ2n) is 5.76. The van der Waals surface area contributed by atoms with Gasteiger partial charge in [-0.05, 0) is 42.2 Å². The fourth-order valence-corrected chi connectivity index (χ4v) is 3.27. The molecule has 0 bridgehead atoms. The first kappa shape index (κ1) is 19.1. The third-order valence-electron chi connectivity index (χ3n) is 3.83. The predicted molar refractivity (Wildman–Crippen MR) is 99.9 cm³/mol. The average molecular weight is 391 g/mol. The van der Waals surface area contributed by atoms with Gasteiger partial charge in [0.2, 0.25) is 0 Å². The summed E-state index contributed by atoms with van der Waals surface area (Å²) in [5, 5.41) is 0. The highest BCUT2D eigenvalue weighted by atomic mass is 32.2. The SMILES string of the molecule is CCSc1ccc(Oc2ccc(F)cc2F)c(-c2cc(F)c(=O)n(C)c2)c1. The molecule has 0 spiro atoms. The Morgan fingerprint density at radius 1 is 1.00 bits per heavy atom. The summed E-state index contributed by atoms with van der Waals surface area (Å²) in [5.41, 5.74) is 0.155. The first-order valence-electron chi connectivity index (χ1n) is 8.15. The normalized spacial score (nSPS) is 10.9. The highest BCUT2D eigenvalue weighted by molar-refractivity contribution is 7.99. The van der Waals surface area contributed by atoms with E-state index in [0.717, 1.165) is 33.4 Å². The Balaban J connectivity index is 2.12. The van der Waals surface area contributed by atoms with Gasteiger partial charge in [0.1, 0.15) is 11.6 Å². The summed E-state index contributed by atoms with van der Waals surface area (Å²) < 4.78 is 47.8. The minimum atomic E-state index is -0.900. The van der Waals surface area contributed by atoms with Crippen LogP contribution in [0.15, 0.2) is 58.4 Å². The quantitative estimate of drug-likeness (QED) is 0.548. The van der Waals surface area contributed by atoms with Crippen LogP contribution in [0.1, 0.15) is 6.92 Å². The molecule has 0 amide bonds. The molecule has 3 nitrogen and oxygen atoms in total. The zero-order chi connectivity index (χ0) is 19.6. The molecule has 0 atom stereocenters. The Bertz CT molecular complexity index is 1020. The van der Waals surface area contributed by atoms with E-state index in [4.69, 9.17) is 4.74 Å². The van der Waals surface area contributed by atoms with Crippen molar-refractivity contribution in [2.24, 2.45) is 7.05 Å². The van der Waals surface area contributed by atoms with E-state index in [1.54, 1.807) is 30.0 Å². The van der Waals surface area contributed by atoms with Crippen LogP contribution in [0, 0.1) is 17.5 Å². The van der Waals surface area contributed by atoms with Crippen LogP contribution in [0.3, 0.4) is 0 Å². The summed E-state index contributed by atoms with van der Waals surface area (Å²) in [7, 11) is 1.44. The number of rotatable bonds is 5. The molecule has 3 aromatic rings. The van der Waals surface area contributed by atoms with Crippen molar-refractivity contribution >= 4 is 11.8 Å². The van der Waals surface area contributed by atoms with Gasteiger partial charge in [0.25, 0.3) is 5.56 Å². The molecule has 0 aliphatic carbocycles. The second kappa shape index (κ2) is 7.92. The average Bonchev–Trinajstić information content (AvgIpc) is 2.63. The van der Waals surface area contributed by atoms with Crippen LogP contribution >= 0.6 is 11.8 Å². The molecule has 140 valence electrons. The number of thioether (sulfide) groups is 1.